The van der Waals surface area contributed by atoms with Gasteiger partial charge in [-0.3, -0.25) is 0 Å². The summed E-state index contributed by atoms with van der Waals surface area (Å²) in [4.78, 5) is 11.9. The van der Waals surface area contributed by atoms with Crippen LogP contribution in [-0.2, 0) is 4.74 Å². The van der Waals surface area contributed by atoms with Crippen molar-refractivity contribution in [2.75, 3.05) is 13.2 Å². The molecule has 0 aliphatic heterocycles. The third-order valence-corrected chi connectivity index (χ3v) is 2.56. The first kappa shape index (κ1) is 13.7. The summed E-state index contributed by atoms with van der Waals surface area (Å²) in [6, 6.07) is 3.80. The van der Waals surface area contributed by atoms with Crippen LogP contribution in [0, 0.1) is 20.8 Å². The van der Waals surface area contributed by atoms with Crippen LogP contribution in [0.25, 0.3) is 0 Å². The highest BCUT2D eigenvalue weighted by Gasteiger charge is 2.18. The molecule has 94 valence electrons. The molecule has 0 fully saturated rings. The molecule has 4 nitrogen and oxygen atoms in total. The quantitative estimate of drug-likeness (QED) is 0.771. The SMILES string of the molecule is Cc1cc(C)c(C(=O)OC(CO)CO)c(C)c1. The Balaban J connectivity index is 2.96. The Morgan fingerprint density at radius 1 is 1.18 bits per heavy atom. The molecular weight excluding hydrogens is 220 g/mol. The molecule has 0 radical (unpaired) electrons. The van der Waals surface area contributed by atoms with Crippen molar-refractivity contribution in [1.29, 1.82) is 0 Å². The van der Waals surface area contributed by atoms with Gasteiger partial charge in [0.15, 0.2) is 0 Å². The Labute approximate surface area is 101 Å². The van der Waals surface area contributed by atoms with Crippen LogP contribution in [0.2, 0.25) is 0 Å². The fourth-order valence-corrected chi connectivity index (χ4v) is 1.84. The van der Waals surface area contributed by atoms with Crippen molar-refractivity contribution in [3.8, 4) is 0 Å². The molecule has 0 saturated carbocycles. The van der Waals surface area contributed by atoms with Gasteiger partial charge in [0.25, 0.3) is 0 Å². The molecule has 0 atom stereocenters. The van der Waals surface area contributed by atoms with Crippen molar-refractivity contribution in [3.63, 3.8) is 0 Å². The van der Waals surface area contributed by atoms with Crippen LogP contribution in [0.3, 0.4) is 0 Å². The second-order valence-corrected chi connectivity index (χ2v) is 4.17. The van der Waals surface area contributed by atoms with Crippen molar-refractivity contribution in [3.05, 3.63) is 34.4 Å². The number of carbonyl (C=O) groups is 1. The smallest absolute Gasteiger partial charge is 0.339 e. The van der Waals surface area contributed by atoms with Gasteiger partial charge in [0.05, 0.1) is 18.8 Å². The second kappa shape index (κ2) is 5.80. The predicted molar refractivity (Wildman–Crippen MR) is 64.0 cm³/mol. The van der Waals surface area contributed by atoms with Crippen LogP contribution in [0.4, 0.5) is 0 Å². The molecule has 0 aromatic heterocycles. The maximum absolute atomic E-state index is 11.9. The number of aliphatic hydroxyl groups excluding tert-OH is 2. The third kappa shape index (κ3) is 3.28. The topological polar surface area (TPSA) is 66.8 Å². The van der Waals surface area contributed by atoms with Gasteiger partial charge in [-0.1, -0.05) is 17.7 Å². The zero-order valence-electron chi connectivity index (χ0n) is 10.4. The fourth-order valence-electron chi connectivity index (χ4n) is 1.84. The minimum atomic E-state index is -0.859. The van der Waals surface area contributed by atoms with Gasteiger partial charge in [0, 0.05) is 0 Å². The van der Waals surface area contributed by atoms with E-state index < -0.39 is 12.1 Å². The normalized spacial score (nSPS) is 10.7. The molecule has 1 aromatic rings. The van der Waals surface area contributed by atoms with Crippen molar-refractivity contribution in [2.45, 2.75) is 26.9 Å². The summed E-state index contributed by atoms with van der Waals surface area (Å²) in [6.45, 7) is 4.87. The molecule has 0 bridgehead atoms. The number of esters is 1. The molecule has 1 aromatic carbocycles. The van der Waals surface area contributed by atoms with Crippen molar-refractivity contribution >= 4 is 5.97 Å². The predicted octanol–water partition coefficient (Wildman–Crippen LogP) is 1.12. The number of hydrogen-bond acceptors (Lipinski definition) is 4. The highest BCUT2D eigenvalue weighted by molar-refractivity contribution is 5.92. The Kier molecular flexibility index (Phi) is 4.66. The molecule has 0 saturated heterocycles. The first-order valence-electron chi connectivity index (χ1n) is 5.50. The van der Waals surface area contributed by atoms with Crippen LogP contribution in [0.5, 0.6) is 0 Å². The maximum Gasteiger partial charge on any atom is 0.339 e. The highest BCUT2D eigenvalue weighted by Crippen LogP contribution is 2.18. The van der Waals surface area contributed by atoms with Gasteiger partial charge in [-0.25, -0.2) is 4.79 Å². The highest BCUT2D eigenvalue weighted by atomic mass is 16.6. The number of carbonyl (C=O) groups excluding carboxylic acids is 1. The maximum atomic E-state index is 11.9. The lowest BCUT2D eigenvalue weighted by molar-refractivity contribution is -0.00558. The lowest BCUT2D eigenvalue weighted by Crippen LogP contribution is -2.26. The minimum Gasteiger partial charge on any atom is -0.454 e. The van der Waals surface area contributed by atoms with Crippen LogP contribution in [-0.4, -0.2) is 35.5 Å². The van der Waals surface area contributed by atoms with Gasteiger partial charge in [0.2, 0.25) is 0 Å². The summed E-state index contributed by atoms with van der Waals surface area (Å²) in [5.41, 5.74) is 3.25. The first-order chi connectivity index (χ1) is 7.99. The molecule has 0 amide bonds. The molecule has 0 spiro atoms. The number of aliphatic hydroxyl groups is 2. The molecule has 0 aliphatic carbocycles. The molecule has 0 unspecified atom stereocenters. The van der Waals surface area contributed by atoms with Gasteiger partial charge in [-0.2, -0.15) is 0 Å². The second-order valence-electron chi connectivity index (χ2n) is 4.17. The zero-order valence-corrected chi connectivity index (χ0v) is 10.4. The fraction of sp³-hybridized carbons (Fsp3) is 0.462. The van der Waals surface area contributed by atoms with E-state index in [-0.39, 0.29) is 13.2 Å². The summed E-state index contributed by atoms with van der Waals surface area (Å²) in [7, 11) is 0. The summed E-state index contributed by atoms with van der Waals surface area (Å²) in [5, 5.41) is 17.7. The lowest BCUT2D eigenvalue weighted by atomic mass is 10.00. The number of aryl methyl sites for hydroxylation is 3. The monoisotopic (exact) mass is 238 g/mol. The Bertz CT molecular complexity index is 385. The van der Waals surface area contributed by atoms with Crippen molar-refractivity contribution in [1.82, 2.24) is 0 Å². The summed E-state index contributed by atoms with van der Waals surface area (Å²) >= 11 is 0. The van der Waals surface area contributed by atoms with E-state index in [1.54, 1.807) is 0 Å². The largest absolute Gasteiger partial charge is 0.454 e. The zero-order chi connectivity index (χ0) is 13.0. The molecule has 1 rings (SSSR count). The Hall–Kier alpha value is -1.39. The third-order valence-electron chi connectivity index (χ3n) is 2.56. The minimum absolute atomic E-state index is 0.383. The Morgan fingerprint density at radius 2 is 1.65 bits per heavy atom. The Morgan fingerprint density at radius 3 is 2.06 bits per heavy atom. The molecule has 17 heavy (non-hydrogen) atoms. The number of benzene rings is 1. The number of hydrogen-bond donors (Lipinski definition) is 2. The van der Waals surface area contributed by atoms with E-state index in [9.17, 15) is 4.79 Å². The lowest BCUT2D eigenvalue weighted by Gasteiger charge is -2.15. The van der Waals surface area contributed by atoms with E-state index in [0.717, 1.165) is 16.7 Å². The van der Waals surface area contributed by atoms with Gasteiger partial charge in [-0.05, 0) is 31.9 Å². The van der Waals surface area contributed by atoms with Crippen molar-refractivity contribution < 1.29 is 19.7 Å². The molecular formula is C13H18O4. The number of ether oxygens (including phenoxy) is 1. The number of rotatable bonds is 4. The van der Waals surface area contributed by atoms with E-state index >= 15 is 0 Å². The van der Waals surface area contributed by atoms with E-state index in [1.165, 1.54) is 0 Å². The standard InChI is InChI=1S/C13H18O4/c1-8-4-9(2)12(10(3)5-8)13(16)17-11(6-14)7-15/h4-5,11,14-15H,6-7H2,1-3H3. The molecule has 2 N–H and O–H groups in total. The van der Waals surface area contributed by atoms with Crippen LogP contribution in [0.1, 0.15) is 27.0 Å². The van der Waals surface area contributed by atoms with Crippen molar-refractivity contribution in [2.24, 2.45) is 0 Å². The van der Waals surface area contributed by atoms with Gasteiger partial charge in [0.1, 0.15) is 6.10 Å². The first-order valence-corrected chi connectivity index (χ1v) is 5.50. The molecule has 0 aliphatic rings. The summed E-state index contributed by atoms with van der Waals surface area (Å²) < 4.78 is 5.00. The van der Waals surface area contributed by atoms with E-state index in [2.05, 4.69) is 0 Å². The summed E-state index contributed by atoms with van der Waals surface area (Å²) in [6.07, 6.45) is -0.859. The van der Waals surface area contributed by atoms with Gasteiger partial charge in [-0.15, -0.1) is 0 Å². The van der Waals surface area contributed by atoms with Crippen LogP contribution < -0.4 is 0 Å². The average Bonchev–Trinajstić information content (AvgIpc) is 2.24. The average molecular weight is 238 g/mol. The summed E-state index contributed by atoms with van der Waals surface area (Å²) in [5.74, 6) is -0.506. The van der Waals surface area contributed by atoms with Gasteiger partial charge < -0.3 is 14.9 Å². The molecule has 4 heteroatoms. The van der Waals surface area contributed by atoms with E-state index in [1.807, 2.05) is 32.9 Å². The molecule has 0 heterocycles. The van der Waals surface area contributed by atoms with Crippen LogP contribution >= 0.6 is 0 Å². The van der Waals surface area contributed by atoms with E-state index in [0.29, 0.717) is 5.56 Å². The van der Waals surface area contributed by atoms with Gasteiger partial charge >= 0.3 is 5.97 Å². The van der Waals surface area contributed by atoms with E-state index in [4.69, 9.17) is 14.9 Å². The van der Waals surface area contributed by atoms with Crippen LogP contribution in [0.15, 0.2) is 12.1 Å².